The highest BCUT2D eigenvalue weighted by molar-refractivity contribution is 4.68. The summed E-state index contributed by atoms with van der Waals surface area (Å²) >= 11 is 0. The zero-order valence-electron chi connectivity index (χ0n) is 9.87. The van der Waals surface area contributed by atoms with Gasteiger partial charge in [-0.25, -0.2) is 0 Å². The molecule has 0 aliphatic heterocycles. The lowest BCUT2D eigenvalue weighted by Crippen LogP contribution is -2.18. The lowest BCUT2D eigenvalue weighted by molar-refractivity contribution is 0.107. The van der Waals surface area contributed by atoms with Crippen LogP contribution in [0.2, 0.25) is 0 Å². The van der Waals surface area contributed by atoms with Crippen LogP contribution in [0.1, 0.15) is 52.9 Å². The van der Waals surface area contributed by atoms with Gasteiger partial charge in [-0.05, 0) is 31.1 Å². The van der Waals surface area contributed by atoms with Crippen LogP contribution in [0.5, 0.6) is 0 Å². The molecule has 86 valence electrons. The molecule has 0 spiro atoms. The summed E-state index contributed by atoms with van der Waals surface area (Å²) in [5.41, 5.74) is 0. The average molecular weight is 202 g/mol. The Hall–Kier alpha value is -0.0800. The van der Waals surface area contributed by atoms with E-state index in [1.54, 1.807) is 0 Å². The average Bonchev–Trinajstić information content (AvgIpc) is 2.21. The van der Waals surface area contributed by atoms with E-state index >= 15 is 0 Å². The molecular formula is C12H26O2. The Morgan fingerprint density at radius 3 is 2.21 bits per heavy atom. The van der Waals surface area contributed by atoms with Gasteiger partial charge >= 0.3 is 0 Å². The van der Waals surface area contributed by atoms with Crippen molar-refractivity contribution in [2.75, 3.05) is 6.61 Å². The van der Waals surface area contributed by atoms with Crippen LogP contribution >= 0.6 is 0 Å². The third-order valence-corrected chi connectivity index (χ3v) is 3.24. The first-order valence-corrected chi connectivity index (χ1v) is 5.94. The van der Waals surface area contributed by atoms with Gasteiger partial charge in [-0.3, -0.25) is 0 Å². The first-order valence-electron chi connectivity index (χ1n) is 5.94. The van der Waals surface area contributed by atoms with E-state index < -0.39 is 0 Å². The molecule has 2 heteroatoms. The number of hydrogen-bond donors (Lipinski definition) is 2. The molecule has 0 aromatic heterocycles. The summed E-state index contributed by atoms with van der Waals surface area (Å²) in [6, 6.07) is 0. The molecule has 2 nitrogen and oxygen atoms in total. The fraction of sp³-hybridized carbons (Fsp3) is 1.00. The van der Waals surface area contributed by atoms with E-state index in [1.165, 1.54) is 6.42 Å². The second-order valence-electron chi connectivity index (χ2n) is 4.31. The Morgan fingerprint density at radius 2 is 1.79 bits per heavy atom. The Bertz CT molecular complexity index is 125. The Morgan fingerprint density at radius 1 is 1.14 bits per heavy atom. The summed E-state index contributed by atoms with van der Waals surface area (Å²) in [5.74, 6) is 1.33. The maximum absolute atomic E-state index is 9.72. The van der Waals surface area contributed by atoms with Gasteiger partial charge in [-0.1, -0.05) is 33.6 Å². The van der Waals surface area contributed by atoms with Gasteiger partial charge in [0, 0.05) is 6.61 Å². The van der Waals surface area contributed by atoms with Crippen LogP contribution in [0.25, 0.3) is 0 Å². The number of aliphatic hydroxyl groups excluding tert-OH is 2. The van der Waals surface area contributed by atoms with Crippen molar-refractivity contribution in [1.82, 2.24) is 0 Å². The highest BCUT2D eigenvalue weighted by Crippen LogP contribution is 2.24. The quantitative estimate of drug-likeness (QED) is 0.635. The molecule has 0 heterocycles. The van der Waals surface area contributed by atoms with Crippen LogP contribution < -0.4 is 0 Å². The van der Waals surface area contributed by atoms with Crippen LogP contribution in [0.4, 0.5) is 0 Å². The molecule has 3 unspecified atom stereocenters. The molecule has 2 N–H and O–H groups in total. The molecule has 0 aliphatic carbocycles. The van der Waals surface area contributed by atoms with Crippen molar-refractivity contribution in [2.45, 2.75) is 59.0 Å². The third-order valence-electron chi connectivity index (χ3n) is 3.24. The van der Waals surface area contributed by atoms with Crippen molar-refractivity contribution < 1.29 is 10.2 Å². The smallest absolute Gasteiger partial charge is 0.0543 e. The first-order chi connectivity index (χ1) is 6.65. The molecule has 0 aromatic carbocycles. The molecule has 0 fully saturated rings. The van der Waals surface area contributed by atoms with E-state index in [2.05, 4.69) is 20.8 Å². The van der Waals surface area contributed by atoms with Crippen molar-refractivity contribution in [3.05, 3.63) is 0 Å². The summed E-state index contributed by atoms with van der Waals surface area (Å²) in [6.07, 6.45) is 4.46. The maximum atomic E-state index is 9.72. The zero-order valence-corrected chi connectivity index (χ0v) is 9.87. The summed E-state index contributed by atoms with van der Waals surface area (Å²) in [6.45, 7) is 6.84. The monoisotopic (exact) mass is 202 g/mol. The first kappa shape index (κ1) is 13.9. The molecule has 14 heavy (non-hydrogen) atoms. The van der Waals surface area contributed by atoms with Gasteiger partial charge in [-0.2, -0.15) is 0 Å². The number of aliphatic hydroxyl groups is 2. The van der Waals surface area contributed by atoms with Gasteiger partial charge in [0.25, 0.3) is 0 Å². The van der Waals surface area contributed by atoms with Gasteiger partial charge < -0.3 is 10.2 Å². The molecule has 0 aromatic rings. The van der Waals surface area contributed by atoms with E-state index in [0.29, 0.717) is 11.8 Å². The van der Waals surface area contributed by atoms with Crippen LogP contribution in [0, 0.1) is 11.8 Å². The van der Waals surface area contributed by atoms with Crippen molar-refractivity contribution in [2.24, 2.45) is 11.8 Å². The fourth-order valence-electron chi connectivity index (χ4n) is 1.93. The van der Waals surface area contributed by atoms with E-state index in [1.807, 2.05) is 0 Å². The van der Waals surface area contributed by atoms with Gasteiger partial charge in [0.1, 0.15) is 0 Å². The highest BCUT2D eigenvalue weighted by Gasteiger charge is 2.17. The molecule has 0 radical (unpaired) electrons. The second kappa shape index (κ2) is 8.25. The minimum atomic E-state index is -0.221. The van der Waals surface area contributed by atoms with E-state index in [0.717, 1.165) is 25.7 Å². The fourth-order valence-corrected chi connectivity index (χ4v) is 1.93. The van der Waals surface area contributed by atoms with Crippen molar-refractivity contribution in [1.29, 1.82) is 0 Å². The predicted octanol–water partition coefficient (Wildman–Crippen LogP) is 2.58. The standard InChI is InChI=1S/C12H26O2/c1-4-10(3)11(5-2)9-12(14)7-6-8-13/h10-14H,4-9H2,1-3H3. The van der Waals surface area contributed by atoms with Crippen molar-refractivity contribution >= 4 is 0 Å². The van der Waals surface area contributed by atoms with Gasteiger partial charge in [-0.15, -0.1) is 0 Å². The Kier molecular flexibility index (Phi) is 8.20. The summed E-state index contributed by atoms with van der Waals surface area (Å²) in [7, 11) is 0. The van der Waals surface area contributed by atoms with E-state index in [-0.39, 0.29) is 12.7 Å². The molecular weight excluding hydrogens is 176 g/mol. The molecule has 3 atom stereocenters. The third kappa shape index (κ3) is 5.61. The van der Waals surface area contributed by atoms with Gasteiger partial charge in [0.2, 0.25) is 0 Å². The molecule has 0 amide bonds. The van der Waals surface area contributed by atoms with Crippen LogP contribution in [0.15, 0.2) is 0 Å². The topological polar surface area (TPSA) is 40.5 Å². The number of hydrogen-bond acceptors (Lipinski definition) is 2. The lowest BCUT2D eigenvalue weighted by atomic mass is 9.84. The zero-order chi connectivity index (χ0) is 11.0. The Balaban J connectivity index is 3.79. The van der Waals surface area contributed by atoms with Crippen molar-refractivity contribution in [3.63, 3.8) is 0 Å². The lowest BCUT2D eigenvalue weighted by Gasteiger charge is -2.24. The second-order valence-corrected chi connectivity index (χ2v) is 4.31. The molecule has 0 saturated heterocycles. The van der Waals surface area contributed by atoms with E-state index in [4.69, 9.17) is 5.11 Å². The van der Waals surface area contributed by atoms with Crippen LogP contribution in [-0.2, 0) is 0 Å². The molecule has 0 rings (SSSR count). The van der Waals surface area contributed by atoms with Gasteiger partial charge in [0.15, 0.2) is 0 Å². The predicted molar refractivity (Wildman–Crippen MR) is 60.2 cm³/mol. The van der Waals surface area contributed by atoms with Gasteiger partial charge in [0.05, 0.1) is 6.10 Å². The SMILES string of the molecule is CCC(C)C(CC)CC(O)CCCO. The Labute approximate surface area is 88.3 Å². The summed E-state index contributed by atoms with van der Waals surface area (Å²) < 4.78 is 0. The van der Waals surface area contributed by atoms with Crippen LogP contribution in [0.3, 0.4) is 0 Å². The largest absolute Gasteiger partial charge is 0.396 e. The van der Waals surface area contributed by atoms with E-state index in [9.17, 15) is 5.11 Å². The number of rotatable bonds is 8. The normalized spacial score (nSPS) is 17.8. The molecule has 0 bridgehead atoms. The molecule has 0 saturated carbocycles. The summed E-state index contributed by atoms with van der Waals surface area (Å²) in [4.78, 5) is 0. The minimum absolute atomic E-state index is 0.192. The van der Waals surface area contributed by atoms with Crippen LogP contribution in [-0.4, -0.2) is 22.9 Å². The maximum Gasteiger partial charge on any atom is 0.0543 e. The van der Waals surface area contributed by atoms with Crippen molar-refractivity contribution in [3.8, 4) is 0 Å². The highest BCUT2D eigenvalue weighted by atomic mass is 16.3. The summed E-state index contributed by atoms with van der Waals surface area (Å²) in [5, 5.41) is 18.4. The molecule has 0 aliphatic rings. The minimum Gasteiger partial charge on any atom is -0.396 e.